The van der Waals surface area contributed by atoms with Crippen molar-refractivity contribution in [3.8, 4) is 0 Å². The Morgan fingerprint density at radius 3 is 2.71 bits per heavy atom. The summed E-state index contributed by atoms with van der Waals surface area (Å²) in [4.78, 5) is 14.7. The molecule has 2 aromatic rings. The summed E-state index contributed by atoms with van der Waals surface area (Å²) < 4.78 is 13.4. The molecule has 2 aliphatic rings. The number of hydrogen-bond donors (Lipinski definition) is 1. The van der Waals surface area contributed by atoms with Gasteiger partial charge in [-0.2, -0.15) is 0 Å². The fraction of sp³-hybridized carbons (Fsp3) is 0.591. The van der Waals surface area contributed by atoms with Crippen molar-refractivity contribution < 1.29 is 14.3 Å². The molecule has 0 bridgehead atoms. The lowest BCUT2D eigenvalue weighted by Crippen LogP contribution is -2.38. The first-order valence-electron chi connectivity index (χ1n) is 11.1. The molecule has 0 saturated carbocycles. The number of nitrogens with one attached hydrogen (secondary N) is 1. The first kappa shape index (κ1) is 22.1. The monoisotopic (exact) mass is 445 g/mol. The van der Waals surface area contributed by atoms with Crippen LogP contribution in [0.5, 0.6) is 0 Å². The predicted molar refractivity (Wildman–Crippen MR) is 122 cm³/mol. The molecule has 168 valence electrons. The highest BCUT2D eigenvalue weighted by Crippen LogP contribution is 2.26. The van der Waals surface area contributed by atoms with Gasteiger partial charge >= 0.3 is 0 Å². The smallest absolute Gasteiger partial charge is 0.234 e. The molecular weight excluding hydrogens is 414 g/mol. The van der Waals surface area contributed by atoms with Crippen molar-refractivity contribution in [1.82, 2.24) is 14.8 Å². The number of anilines is 2. The maximum absolute atomic E-state index is 12.5. The normalized spacial score (nSPS) is 19.0. The standard InChI is InChI=1S/C22H31N5O3S/c1-2-4-17-6-8-18(9-7-17)23-20(28)16-31-22-25-24-21(26-10-13-29-14-11-26)27(22)15-19-5-3-12-30-19/h6-9,19H,2-5,10-16H2,1H3,(H,23,28)/t19-/m1/s1. The van der Waals surface area contributed by atoms with Crippen molar-refractivity contribution in [3.05, 3.63) is 29.8 Å². The molecule has 1 N–H and O–H groups in total. The zero-order valence-corrected chi connectivity index (χ0v) is 18.9. The van der Waals surface area contributed by atoms with E-state index in [0.717, 1.165) is 62.2 Å². The molecular formula is C22H31N5O3S. The summed E-state index contributed by atoms with van der Waals surface area (Å²) in [5.41, 5.74) is 2.10. The van der Waals surface area contributed by atoms with Gasteiger partial charge in [-0.1, -0.05) is 37.2 Å². The maximum atomic E-state index is 12.5. The fourth-order valence-electron chi connectivity index (χ4n) is 3.91. The summed E-state index contributed by atoms with van der Waals surface area (Å²) in [5.74, 6) is 1.07. The molecule has 2 aliphatic heterocycles. The molecule has 8 nitrogen and oxygen atoms in total. The third-order valence-electron chi connectivity index (χ3n) is 5.51. The highest BCUT2D eigenvalue weighted by Gasteiger charge is 2.25. The Morgan fingerprint density at radius 1 is 1.19 bits per heavy atom. The van der Waals surface area contributed by atoms with Gasteiger partial charge in [0.05, 0.1) is 31.6 Å². The number of ether oxygens (including phenoxy) is 2. The Hall–Kier alpha value is -2.10. The average molecular weight is 446 g/mol. The average Bonchev–Trinajstić information content (AvgIpc) is 3.45. The van der Waals surface area contributed by atoms with E-state index in [1.807, 2.05) is 12.1 Å². The van der Waals surface area contributed by atoms with Gasteiger partial charge in [0.25, 0.3) is 0 Å². The summed E-state index contributed by atoms with van der Waals surface area (Å²) in [6.45, 7) is 6.65. The van der Waals surface area contributed by atoms with E-state index in [2.05, 4.69) is 44.0 Å². The second-order valence-electron chi connectivity index (χ2n) is 7.91. The Morgan fingerprint density at radius 2 is 2.00 bits per heavy atom. The van der Waals surface area contributed by atoms with Gasteiger partial charge in [0.1, 0.15) is 0 Å². The number of thioether (sulfide) groups is 1. The number of amides is 1. The van der Waals surface area contributed by atoms with E-state index in [-0.39, 0.29) is 17.8 Å². The van der Waals surface area contributed by atoms with E-state index in [0.29, 0.717) is 19.8 Å². The van der Waals surface area contributed by atoms with Crippen LogP contribution in [0, 0.1) is 0 Å². The van der Waals surface area contributed by atoms with Crippen LogP contribution in [-0.4, -0.2) is 65.4 Å². The first-order valence-corrected chi connectivity index (χ1v) is 12.1. The second kappa shape index (κ2) is 11.0. The van der Waals surface area contributed by atoms with Gasteiger partial charge in [-0.05, 0) is 37.0 Å². The lowest BCUT2D eigenvalue weighted by atomic mass is 10.1. The molecule has 2 fully saturated rings. The molecule has 4 rings (SSSR count). The Kier molecular flexibility index (Phi) is 7.82. The predicted octanol–water partition coefficient (Wildman–Crippen LogP) is 2.98. The van der Waals surface area contributed by atoms with E-state index in [1.54, 1.807) is 0 Å². The van der Waals surface area contributed by atoms with Crippen LogP contribution in [-0.2, 0) is 27.2 Å². The van der Waals surface area contributed by atoms with Crippen LogP contribution in [0.25, 0.3) is 0 Å². The SMILES string of the molecule is CCCc1ccc(NC(=O)CSc2nnc(N3CCOCC3)n2C[C@H]2CCCO2)cc1. The summed E-state index contributed by atoms with van der Waals surface area (Å²) in [5, 5.41) is 12.6. The number of carbonyl (C=O) groups is 1. The molecule has 9 heteroatoms. The number of nitrogens with zero attached hydrogens (tertiary/aromatic N) is 4. The number of hydrogen-bond acceptors (Lipinski definition) is 7. The molecule has 0 spiro atoms. The van der Waals surface area contributed by atoms with Crippen LogP contribution in [0.4, 0.5) is 11.6 Å². The minimum atomic E-state index is -0.0483. The minimum absolute atomic E-state index is 0.0483. The number of benzene rings is 1. The molecule has 2 saturated heterocycles. The van der Waals surface area contributed by atoms with Crippen molar-refractivity contribution in [2.45, 2.75) is 50.4 Å². The zero-order valence-electron chi connectivity index (χ0n) is 18.1. The number of aromatic nitrogens is 3. The van der Waals surface area contributed by atoms with Crippen molar-refractivity contribution in [3.63, 3.8) is 0 Å². The largest absolute Gasteiger partial charge is 0.378 e. The molecule has 1 amide bonds. The lowest BCUT2D eigenvalue weighted by molar-refractivity contribution is -0.113. The van der Waals surface area contributed by atoms with Crippen LogP contribution in [0.2, 0.25) is 0 Å². The Labute approximate surface area is 187 Å². The molecule has 1 atom stereocenters. The highest BCUT2D eigenvalue weighted by molar-refractivity contribution is 7.99. The topological polar surface area (TPSA) is 81.5 Å². The molecule has 0 radical (unpaired) electrons. The molecule has 0 aliphatic carbocycles. The van der Waals surface area contributed by atoms with Gasteiger partial charge in [0.15, 0.2) is 5.16 Å². The summed E-state index contributed by atoms with van der Waals surface area (Å²) >= 11 is 1.42. The highest BCUT2D eigenvalue weighted by atomic mass is 32.2. The summed E-state index contributed by atoms with van der Waals surface area (Å²) in [7, 11) is 0. The lowest BCUT2D eigenvalue weighted by Gasteiger charge is -2.28. The first-order chi connectivity index (χ1) is 15.2. The molecule has 1 aromatic carbocycles. The van der Waals surface area contributed by atoms with Gasteiger partial charge in [-0.25, -0.2) is 0 Å². The van der Waals surface area contributed by atoms with Crippen molar-refractivity contribution in [2.24, 2.45) is 0 Å². The van der Waals surface area contributed by atoms with E-state index >= 15 is 0 Å². The molecule has 0 unspecified atom stereocenters. The second-order valence-corrected chi connectivity index (χ2v) is 8.85. The molecule has 31 heavy (non-hydrogen) atoms. The van der Waals surface area contributed by atoms with Gasteiger partial charge in [-0.15, -0.1) is 10.2 Å². The van der Waals surface area contributed by atoms with Gasteiger partial charge < -0.3 is 19.7 Å². The Balaban J connectivity index is 1.39. The van der Waals surface area contributed by atoms with Crippen LogP contribution in [0.3, 0.4) is 0 Å². The maximum Gasteiger partial charge on any atom is 0.234 e. The van der Waals surface area contributed by atoms with E-state index in [1.165, 1.54) is 17.3 Å². The van der Waals surface area contributed by atoms with E-state index < -0.39 is 0 Å². The number of rotatable bonds is 9. The van der Waals surface area contributed by atoms with Gasteiger partial charge in [-0.3, -0.25) is 9.36 Å². The van der Waals surface area contributed by atoms with Crippen molar-refractivity contribution in [1.29, 1.82) is 0 Å². The summed E-state index contributed by atoms with van der Waals surface area (Å²) in [6.07, 6.45) is 4.46. The van der Waals surface area contributed by atoms with Gasteiger partial charge in [0.2, 0.25) is 11.9 Å². The molecule has 3 heterocycles. The minimum Gasteiger partial charge on any atom is -0.378 e. The summed E-state index contributed by atoms with van der Waals surface area (Å²) in [6, 6.07) is 8.06. The van der Waals surface area contributed by atoms with Crippen LogP contribution in [0.15, 0.2) is 29.4 Å². The van der Waals surface area contributed by atoms with Crippen molar-refractivity contribution >= 4 is 29.3 Å². The van der Waals surface area contributed by atoms with Crippen LogP contribution in [0.1, 0.15) is 31.7 Å². The van der Waals surface area contributed by atoms with Gasteiger partial charge in [0, 0.05) is 25.4 Å². The number of morpholine rings is 1. The van der Waals surface area contributed by atoms with E-state index in [4.69, 9.17) is 9.47 Å². The fourth-order valence-corrected chi connectivity index (χ4v) is 4.65. The van der Waals surface area contributed by atoms with E-state index in [9.17, 15) is 4.79 Å². The quantitative estimate of drug-likeness (QED) is 0.594. The third kappa shape index (κ3) is 5.99. The number of carbonyl (C=O) groups excluding carboxylic acids is 1. The zero-order chi connectivity index (χ0) is 21.5. The van der Waals surface area contributed by atoms with Crippen molar-refractivity contribution in [2.75, 3.05) is 48.9 Å². The Bertz CT molecular complexity index is 845. The van der Waals surface area contributed by atoms with Crippen LogP contribution >= 0.6 is 11.8 Å². The molecule has 1 aromatic heterocycles. The third-order valence-corrected chi connectivity index (χ3v) is 6.48. The number of aryl methyl sites for hydroxylation is 1. The van der Waals surface area contributed by atoms with Crippen LogP contribution < -0.4 is 10.2 Å².